The molecule has 13 heavy (non-hydrogen) atoms. The molecule has 0 saturated carbocycles. The molecule has 0 spiro atoms. The molecule has 1 radical (unpaired) electrons. The molecule has 0 N–H and O–H groups in total. The van der Waals surface area contributed by atoms with Crippen molar-refractivity contribution in [2.45, 2.75) is 33.2 Å². The van der Waals surface area contributed by atoms with Gasteiger partial charge in [-0.05, 0) is 13.8 Å². The minimum absolute atomic E-state index is 0. The zero-order valence-corrected chi connectivity index (χ0v) is 10.0. The molecule has 0 bridgehead atoms. The van der Waals surface area contributed by atoms with Crippen molar-refractivity contribution in [3.05, 3.63) is 12.3 Å². The van der Waals surface area contributed by atoms with E-state index in [9.17, 15) is 0 Å². The minimum Gasteiger partial charge on any atom is -0.316 e. The average molecular weight is 175 g/mol. The number of hydrogen-bond donors (Lipinski definition) is 0. The van der Waals surface area contributed by atoms with Crippen molar-refractivity contribution < 1.29 is 0 Å². The van der Waals surface area contributed by atoms with E-state index in [1.54, 1.807) is 0 Å². The Morgan fingerprint density at radius 3 is 1.85 bits per heavy atom. The van der Waals surface area contributed by atoms with Gasteiger partial charge in [-0.25, -0.2) is 5.01 Å². The third kappa shape index (κ3) is 1.96. The van der Waals surface area contributed by atoms with Crippen molar-refractivity contribution in [3.8, 4) is 0 Å². The van der Waals surface area contributed by atoms with Crippen LogP contribution in [-0.2, 0) is 0 Å². The van der Waals surface area contributed by atoms with E-state index in [4.69, 9.17) is 0 Å². The molecule has 1 heterocycles. The Morgan fingerprint density at radius 2 is 1.46 bits per heavy atom. The summed E-state index contributed by atoms with van der Waals surface area (Å²) < 4.78 is 0. The minimum atomic E-state index is 0. The largest absolute Gasteiger partial charge is 0.316 e. The van der Waals surface area contributed by atoms with Gasteiger partial charge >= 0.3 is 0 Å². The van der Waals surface area contributed by atoms with Crippen LogP contribution >= 0.6 is 0 Å². The van der Waals surface area contributed by atoms with E-state index in [2.05, 4.69) is 64.1 Å². The van der Waals surface area contributed by atoms with Gasteiger partial charge in [0, 0.05) is 50.1 Å². The van der Waals surface area contributed by atoms with Crippen LogP contribution in [0.25, 0.3) is 0 Å². The van der Waals surface area contributed by atoms with Crippen LogP contribution in [0.2, 0.25) is 0 Å². The Balaban J connectivity index is 0.00000144. The zero-order valence-electron chi connectivity index (χ0n) is 10.0. The number of hydrogen-bond acceptors (Lipinski definition) is 2. The van der Waals surface area contributed by atoms with E-state index in [1.165, 1.54) is 0 Å². The molecule has 1 aliphatic rings. The maximum Gasteiger partial charge on any atom is 0.0430 e. The molecule has 3 heteroatoms. The Kier molecular flexibility index (Phi) is 3.72. The second kappa shape index (κ2) is 3.69. The summed E-state index contributed by atoms with van der Waals surface area (Å²) in [6, 6.07) is 0. The zero-order chi connectivity index (χ0) is 9.57. The van der Waals surface area contributed by atoms with Gasteiger partial charge in [0.2, 0.25) is 0 Å². The normalized spacial score (nSPS) is 25.5. The summed E-state index contributed by atoms with van der Waals surface area (Å²) in [5, 5.41) is 4.40. The van der Waals surface area contributed by atoms with E-state index in [-0.39, 0.29) is 29.8 Å². The molecule has 0 aromatic rings. The van der Waals surface area contributed by atoms with Gasteiger partial charge in [-0.3, -0.25) is 0 Å². The molecule has 0 amide bonds. The van der Waals surface area contributed by atoms with Crippen LogP contribution < -0.4 is 0 Å². The Morgan fingerprint density at radius 1 is 1.00 bits per heavy atom. The smallest absolute Gasteiger partial charge is 0.0430 e. The fourth-order valence-electron chi connectivity index (χ4n) is 1.41. The van der Waals surface area contributed by atoms with Crippen LogP contribution in [-0.4, -0.2) is 48.5 Å². The predicted octanol–water partition coefficient (Wildman–Crippen LogP) is 1.72. The maximum absolute atomic E-state index is 2.27. The summed E-state index contributed by atoms with van der Waals surface area (Å²) >= 11 is 0. The summed E-state index contributed by atoms with van der Waals surface area (Å²) in [7, 11) is 4.21. The first-order chi connectivity index (χ1) is 5.29. The van der Waals surface area contributed by atoms with E-state index in [0.29, 0.717) is 0 Å². The van der Waals surface area contributed by atoms with Gasteiger partial charge in [0.05, 0.1) is 0 Å². The van der Waals surface area contributed by atoms with Gasteiger partial charge in [0.25, 0.3) is 0 Å². The first kappa shape index (κ1) is 13.1. The summed E-state index contributed by atoms with van der Waals surface area (Å²) in [5.74, 6) is 0. The summed E-state index contributed by atoms with van der Waals surface area (Å²) in [4.78, 5) is 0. The second-order valence-corrected chi connectivity index (χ2v) is 4.69. The molecule has 1 rings (SSSR count). The Labute approximate surface area is 94.1 Å². The van der Waals surface area contributed by atoms with Crippen LogP contribution in [0, 0.1) is 5.41 Å². The molecule has 0 aromatic heterocycles. The van der Waals surface area contributed by atoms with Crippen LogP contribution in [0.15, 0.2) is 12.3 Å². The number of rotatable bonds is 0. The van der Waals surface area contributed by atoms with Gasteiger partial charge in [-0.15, -0.1) is 0 Å². The average Bonchev–Trinajstić information content (AvgIpc) is 1.96. The molecular formula is C10H20LiN2. The van der Waals surface area contributed by atoms with Gasteiger partial charge in [-0.1, -0.05) is 19.9 Å². The molecule has 0 unspecified atom stereocenters. The van der Waals surface area contributed by atoms with E-state index >= 15 is 0 Å². The molecular weight excluding hydrogens is 155 g/mol. The van der Waals surface area contributed by atoms with Gasteiger partial charge in [0.15, 0.2) is 0 Å². The first-order valence-corrected chi connectivity index (χ1v) is 4.45. The van der Waals surface area contributed by atoms with Crippen molar-refractivity contribution in [1.82, 2.24) is 10.0 Å². The van der Waals surface area contributed by atoms with Crippen LogP contribution in [0.1, 0.15) is 27.7 Å². The van der Waals surface area contributed by atoms with Gasteiger partial charge in [0.1, 0.15) is 0 Å². The topological polar surface area (TPSA) is 6.48 Å². The quantitative estimate of drug-likeness (QED) is 0.517. The first-order valence-electron chi connectivity index (χ1n) is 4.45. The fraction of sp³-hybridized carbons (Fsp3) is 0.800. The molecule has 0 aliphatic carbocycles. The summed E-state index contributed by atoms with van der Waals surface area (Å²) in [6.45, 7) is 9.08. The predicted molar refractivity (Wildman–Crippen MR) is 58.3 cm³/mol. The van der Waals surface area contributed by atoms with Gasteiger partial charge < -0.3 is 5.01 Å². The second-order valence-electron chi connectivity index (χ2n) is 4.69. The van der Waals surface area contributed by atoms with E-state index in [0.717, 1.165) is 0 Å². The molecule has 0 fully saturated rings. The monoisotopic (exact) mass is 175 g/mol. The molecule has 71 valence electrons. The van der Waals surface area contributed by atoms with Crippen molar-refractivity contribution in [2.75, 3.05) is 14.1 Å². The Bertz CT molecular complexity index is 209. The third-order valence-electron chi connectivity index (χ3n) is 3.57. The van der Waals surface area contributed by atoms with Crippen LogP contribution in [0.3, 0.4) is 0 Å². The van der Waals surface area contributed by atoms with Crippen molar-refractivity contribution in [1.29, 1.82) is 0 Å². The van der Waals surface area contributed by atoms with Crippen molar-refractivity contribution >= 4 is 18.9 Å². The summed E-state index contributed by atoms with van der Waals surface area (Å²) in [5.41, 5.74) is 0.408. The van der Waals surface area contributed by atoms with Crippen LogP contribution in [0.4, 0.5) is 0 Å². The molecule has 0 saturated heterocycles. The van der Waals surface area contributed by atoms with Crippen molar-refractivity contribution in [2.24, 2.45) is 5.41 Å². The van der Waals surface area contributed by atoms with Crippen molar-refractivity contribution in [3.63, 3.8) is 0 Å². The van der Waals surface area contributed by atoms with E-state index < -0.39 is 0 Å². The van der Waals surface area contributed by atoms with E-state index in [1.807, 2.05) is 0 Å². The number of hydrazine groups is 1. The standard InChI is InChI=1S/C10H20N2.Li/c1-9(2)7-8-11(5)12(6)10(9,3)4;/h7-8H,1-6H3;. The maximum atomic E-state index is 2.27. The SMILES string of the molecule is CN1C=CC(C)(C)C(C)(C)N1C.[Li]. The fourth-order valence-corrected chi connectivity index (χ4v) is 1.41. The number of nitrogens with zero attached hydrogens (tertiary/aromatic N) is 2. The molecule has 0 aromatic carbocycles. The third-order valence-corrected chi connectivity index (χ3v) is 3.57. The molecule has 2 nitrogen and oxygen atoms in total. The molecule has 1 aliphatic heterocycles. The van der Waals surface area contributed by atoms with Gasteiger partial charge in [-0.2, -0.15) is 0 Å². The van der Waals surface area contributed by atoms with Crippen LogP contribution in [0.5, 0.6) is 0 Å². The summed E-state index contributed by atoms with van der Waals surface area (Å²) in [6.07, 6.45) is 4.40. The molecule has 0 atom stereocenters. The Hall–Kier alpha value is 0.0974.